The van der Waals surface area contributed by atoms with Crippen LogP contribution in [0.25, 0.3) is 0 Å². The fourth-order valence-corrected chi connectivity index (χ4v) is 1.90. The zero-order chi connectivity index (χ0) is 15.9. The van der Waals surface area contributed by atoms with Crippen molar-refractivity contribution >= 4 is 5.69 Å². The number of nitrogens with zero attached hydrogens (tertiary/aromatic N) is 4. The number of aliphatic hydroxyl groups excluding tert-OH is 1. The Morgan fingerprint density at radius 2 is 2.36 bits per heavy atom. The fourth-order valence-electron chi connectivity index (χ4n) is 1.90. The van der Waals surface area contributed by atoms with Crippen LogP contribution in [0, 0.1) is 21.4 Å². The lowest BCUT2D eigenvalue weighted by Crippen LogP contribution is -2.24. The Balaban J connectivity index is 1.91. The van der Waals surface area contributed by atoms with Gasteiger partial charge in [-0.25, -0.2) is 4.98 Å². The second kappa shape index (κ2) is 7.19. The first-order chi connectivity index (χ1) is 10.6. The summed E-state index contributed by atoms with van der Waals surface area (Å²) in [6, 6.07) is 7.76. The fraction of sp³-hybridized carbons (Fsp3) is 0.286. The van der Waals surface area contributed by atoms with Crippen LogP contribution >= 0.6 is 0 Å². The number of nitro benzene ring substituents is 1. The smallest absolute Gasteiger partial charge is 0.273 e. The van der Waals surface area contributed by atoms with E-state index in [9.17, 15) is 15.2 Å². The van der Waals surface area contributed by atoms with E-state index in [1.807, 2.05) is 6.07 Å². The van der Waals surface area contributed by atoms with Gasteiger partial charge in [0.25, 0.3) is 5.69 Å². The molecule has 0 fully saturated rings. The zero-order valence-electron chi connectivity index (χ0n) is 11.6. The SMILES string of the molecule is N#CCc1nccn1C[C@@H](O)COc1cccc([N+](=O)[O-])c1. The number of non-ortho nitro benzene ring substituents is 1. The van der Waals surface area contributed by atoms with Crippen molar-refractivity contribution in [1.29, 1.82) is 5.26 Å². The van der Waals surface area contributed by atoms with Crippen LogP contribution in [0.15, 0.2) is 36.7 Å². The number of aliphatic hydroxyl groups is 1. The number of imidazole rings is 1. The normalized spacial score (nSPS) is 11.6. The third-order valence-electron chi connectivity index (χ3n) is 2.92. The van der Waals surface area contributed by atoms with Gasteiger partial charge in [-0.1, -0.05) is 6.07 Å². The summed E-state index contributed by atoms with van der Waals surface area (Å²) in [7, 11) is 0. The second-order valence-electron chi connectivity index (χ2n) is 4.55. The highest BCUT2D eigenvalue weighted by Gasteiger charge is 2.11. The Bertz CT molecular complexity index is 692. The molecule has 2 aromatic rings. The summed E-state index contributed by atoms with van der Waals surface area (Å²) in [6.45, 7) is 0.206. The number of hydrogen-bond acceptors (Lipinski definition) is 6. The van der Waals surface area contributed by atoms with Gasteiger partial charge in [0.2, 0.25) is 0 Å². The van der Waals surface area contributed by atoms with E-state index >= 15 is 0 Å². The Hall–Kier alpha value is -2.92. The lowest BCUT2D eigenvalue weighted by atomic mass is 10.3. The topological polar surface area (TPSA) is 114 Å². The molecule has 8 nitrogen and oxygen atoms in total. The molecular weight excluding hydrogens is 288 g/mol. The van der Waals surface area contributed by atoms with Gasteiger partial charge in [-0.3, -0.25) is 10.1 Å². The van der Waals surface area contributed by atoms with E-state index in [2.05, 4.69) is 4.98 Å². The predicted octanol–water partition coefficient (Wildman–Crippen LogP) is 1.30. The highest BCUT2D eigenvalue weighted by atomic mass is 16.6. The third kappa shape index (κ3) is 4.04. The van der Waals surface area contributed by atoms with Gasteiger partial charge in [0.05, 0.1) is 30.0 Å². The molecule has 0 bridgehead atoms. The molecule has 0 aliphatic carbocycles. The number of nitriles is 1. The molecule has 0 radical (unpaired) electrons. The van der Waals surface area contributed by atoms with E-state index in [4.69, 9.17) is 10.00 Å². The van der Waals surface area contributed by atoms with Gasteiger partial charge >= 0.3 is 0 Å². The summed E-state index contributed by atoms with van der Waals surface area (Å²) >= 11 is 0. The average Bonchev–Trinajstić information content (AvgIpc) is 2.93. The van der Waals surface area contributed by atoms with Crippen LogP contribution in [-0.2, 0) is 13.0 Å². The summed E-state index contributed by atoms with van der Waals surface area (Å²) in [6.07, 6.45) is 2.56. The number of aromatic nitrogens is 2. The maximum atomic E-state index is 10.7. The molecule has 0 saturated carbocycles. The molecule has 8 heteroatoms. The Morgan fingerprint density at radius 3 is 3.09 bits per heavy atom. The highest BCUT2D eigenvalue weighted by molar-refractivity contribution is 5.37. The number of nitro groups is 1. The molecule has 0 aliphatic rings. The quantitative estimate of drug-likeness (QED) is 0.609. The van der Waals surface area contributed by atoms with Crippen LogP contribution in [0.5, 0.6) is 5.75 Å². The standard InChI is InChI=1S/C14H14N4O4/c15-5-4-14-16-6-7-17(14)9-12(19)10-22-13-3-1-2-11(8-13)18(20)21/h1-3,6-8,12,19H,4,9-10H2/t12-/m1/s1. The van der Waals surface area contributed by atoms with E-state index in [1.165, 1.54) is 18.2 Å². The molecule has 0 saturated heterocycles. The van der Waals surface area contributed by atoms with Crippen molar-refractivity contribution in [2.24, 2.45) is 0 Å². The van der Waals surface area contributed by atoms with Crippen molar-refractivity contribution in [2.75, 3.05) is 6.61 Å². The number of rotatable bonds is 7. The predicted molar refractivity (Wildman–Crippen MR) is 76.1 cm³/mol. The average molecular weight is 302 g/mol. The van der Waals surface area contributed by atoms with Crippen LogP contribution in [0.1, 0.15) is 5.82 Å². The molecular formula is C14H14N4O4. The van der Waals surface area contributed by atoms with Crippen LogP contribution < -0.4 is 4.74 Å². The summed E-state index contributed by atoms with van der Waals surface area (Å²) in [5, 5.41) is 29.3. The maximum absolute atomic E-state index is 10.7. The summed E-state index contributed by atoms with van der Waals surface area (Å²) < 4.78 is 7.03. The summed E-state index contributed by atoms with van der Waals surface area (Å²) in [4.78, 5) is 14.2. The molecule has 0 aliphatic heterocycles. The highest BCUT2D eigenvalue weighted by Crippen LogP contribution is 2.19. The molecule has 0 spiro atoms. The minimum atomic E-state index is -0.828. The van der Waals surface area contributed by atoms with Crippen molar-refractivity contribution < 1.29 is 14.8 Å². The Morgan fingerprint density at radius 1 is 1.55 bits per heavy atom. The molecule has 1 N–H and O–H groups in total. The summed E-state index contributed by atoms with van der Waals surface area (Å²) in [5.41, 5.74) is -0.0714. The first kappa shape index (κ1) is 15.5. The minimum Gasteiger partial charge on any atom is -0.491 e. The van der Waals surface area contributed by atoms with Crippen molar-refractivity contribution in [3.63, 3.8) is 0 Å². The lowest BCUT2D eigenvalue weighted by Gasteiger charge is -2.14. The van der Waals surface area contributed by atoms with Crippen LogP contribution in [0.3, 0.4) is 0 Å². The lowest BCUT2D eigenvalue weighted by molar-refractivity contribution is -0.384. The largest absolute Gasteiger partial charge is 0.491 e. The zero-order valence-corrected chi connectivity index (χ0v) is 11.6. The van der Waals surface area contributed by atoms with Crippen molar-refractivity contribution in [2.45, 2.75) is 19.1 Å². The third-order valence-corrected chi connectivity index (χ3v) is 2.92. The van der Waals surface area contributed by atoms with Gasteiger partial charge in [-0.05, 0) is 6.07 Å². The van der Waals surface area contributed by atoms with E-state index in [-0.39, 0.29) is 25.3 Å². The van der Waals surface area contributed by atoms with Crippen LogP contribution in [0.4, 0.5) is 5.69 Å². The molecule has 1 aromatic heterocycles. The van der Waals surface area contributed by atoms with E-state index in [0.717, 1.165) is 0 Å². The van der Waals surface area contributed by atoms with Gasteiger partial charge in [-0.15, -0.1) is 0 Å². The second-order valence-corrected chi connectivity index (χ2v) is 4.55. The van der Waals surface area contributed by atoms with Crippen LogP contribution in [0.2, 0.25) is 0 Å². The summed E-state index contributed by atoms with van der Waals surface area (Å²) in [5.74, 6) is 0.882. The molecule has 114 valence electrons. The first-order valence-electron chi connectivity index (χ1n) is 6.52. The molecule has 22 heavy (non-hydrogen) atoms. The van der Waals surface area contributed by atoms with Crippen LogP contribution in [-0.4, -0.2) is 32.3 Å². The van der Waals surface area contributed by atoms with Gasteiger partial charge in [0, 0.05) is 18.5 Å². The van der Waals surface area contributed by atoms with Gasteiger partial charge < -0.3 is 14.4 Å². The van der Waals surface area contributed by atoms with Gasteiger partial charge in [-0.2, -0.15) is 5.26 Å². The van der Waals surface area contributed by atoms with E-state index in [0.29, 0.717) is 11.6 Å². The number of benzene rings is 1. The maximum Gasteiger partial charge on any atom is 0.273 e. The van der Waals surface area contributed by atoms with Crippen molar-refractivity contribution in [1.82, 2.24) is 9.55 Å². The monoisotopic (exact) mass is 302 g/mol. The number of ether oxygens (including phenoxy) is 1. The minimum absolute atomic E-state index is 0.0225. The number of hydrogen-bond donors (Lipinski definition) is 1. The Labute approximate surface area is 126 Å². The van der Waals surface area contributed by atoms with Gasteiger partial charge in [0.15, 0.2) is 0 Å². The van der Waals surface area contributed by atoms with Crippen molar-refractivity contribution in [3.05, 3.63) is 52.6 Å². The molecule has 1 heterocycles. The van der Waals surface area contributed by atoms with Gasteiger partial charge in [0.1, 0.15) is 24.3 Å². The molecule has 2 rings (SSSR count). The first-order valence-corrected chi connectivity index (χ1v) is 6.52. The molecule has 0 unspecified atom stereocenters. The van der Waals surface area contributed by atoms with E-state index < -0.39 is 11.0 Å². The molecule has 1 atom stereocenters. The molecule has 0 amide bonds. The van der Waals surface area contributed by atoms with E-state index in [1.54, 1.807) is 23.0 Å². The molecule has 1 aromatic carbocycles. The van der Waals surface area contributed by atoms with Crippen molar-refractivity contribution in [3.8, 4) is 11.8 Å². The Kier molecular flexibility index (Phi) is 5.06.